The van der Waals surface area contributed by atoms with Crippen molar-refractivity contribution in [1.82, 2.24) is 0 Å². The first-order chi connectivity index (χ1) is 12.4. The molecule has 1 atom stereocenters. The number of halogens is 1. The maximum Gasteiger partial charge on any atom is 0.229 e. The number of rotatable bonds is 4. The zero-order chi connectivity index (χ0) is 18.8. The number of hydrogen-bond donors (Lipinski definition) is 1. The minimum atomic E-state index is -0.504. The summed E-state index contributed by atoms with van der Waals surface area (Å²) >= 11 is 0. The van der Waals surface area contributed by atoms with E-state index in [-0.39, 0.29) is 24.8 Å². The van der Waals surface area contributed by atoms with Crippen molar-refractivity contribution < 1.29 is 18.7 Å². The smallest absolute Gasteiger partial charge is 0.229 e. The molecule has 2 aromatic rings. The molecule has 2 aromatic carbocycles. The largest absolute Gasteiger partial charge is 0.495 e. The quantitative estimate of drug-likeness (QED) is 0.913. The highest BCUT2D eigenvalue weighted by Gasteiger charge is 2.36. The van der Waals surface area contributed by atoms with Gasteiger partial charge in [0.05, 0.1) is 18.7 Å². The van der Waals surface area contributed by atoms with Crippen LogP contribution in [0.4, 0.5) is 15.8 Å². The molecule has 1 aliphatic heterocycles. The van der Waals surface area contributed by atoms with E-state index in [4.69, 9.17) is 4.74 Å². The van der Waals surface area contributed by atoms with Gasteiger partial charge in [-0.05, 0) is 49.2 Å². The van der Waals surface area contributed by atoms with E-state index < -0.39 is 11.7 Å². The second-order valence-corrected chi connectivity index (χ2v) is 6.53. The average Bonchev–Trinajstić information content (AvgIpc) is 3.00. The second kappa shape index (κ2) is 7.15. The lowest BCUT2D eigenvalue weighted by molar-refractivity contribution is -0.122. The molecule has 5 nitrogen and oxygen atoms in total. The molecular weight excluding hydrogens is 335 g/mol. The molecule has 6 heteroatoms. The summed E-state index contributed by atoms with van der Waals surface area (Å²) in [4.78, 5) is 26.6. The Bertz CT molecular complexity index is 866. The van der Waals surface area contributed by atoms with Crippen molar-refractivity contribution >= 4 is 23.2 Å². The van der Waals surface area contributed by atoms with Crippen LogP contribution in [0.1, 0.15) is 17.5 Å². The molecule has 0 bridgehead atoms. The van der Waals surface area contributed by atoms with Crippen LogP contribution in [0.15, 0.2) is 36.4 Å². The molecule has 1 N–H and O–H groups in total. The number of carbonyl (C=O) groups is 2. The van der Waals surface area contributed by atoms with E-state index in [2.05, 4.69) is 5.32 Å². The summed E-state index contributed by atoms with van der Waals surface area (Å²) in [6.07, 6.45) is 0.108. The molecule has 0 unspecified atom stereocenters. The van der Waals surface area contributed by atoms with Crippen LogP contribution in [0.25, 0.3) is 0 Å². The number of methoxy groups -OCH3 is 1. The third-order valence-corrected chi connectivity index (χ3v) is 4.58. The van der Waals surface area contributed by atoms with E-state index in [1.54, 1.807) is 31.1 Å². The van der Waals surface area contributed by atoms with Crippen LogP contribution >= 0.6 is 0 Å². The molecule has 3 rings (SSSR count). The number of ether oxygens (including phenoxy) is 1. The number of hydrogen-bond acceptors (Lipinski definition) is 3. The fourth-order valence-corrected chi connectivity index (χ4v) is 3.09. The number of nitrogens with one attached hydrogen (secondary N) is 1. The molecular formula is C20H21FN2O3. The zero-order valence-electron chi connectivity index (χ0n) is 15.0. The van der Waals surface area contributed by atoms with Gasteiger partial charge in [0.15, 0.2) is 0 Å². The fraction of sp³-hybridized carbons (Fsp3) is 0.300. The number of carbonyl (C=O) groups excluding carboxylic acids is 2. The van der Waals surface area contributed by atoms with Crippen LogP contribution in [-0.4, -0.2) is 25.5 Å². The van der Waals surface area contributed by atoms with Crippen LogP contribution in [0.2, 0.25) is 0 Å². The third-order valence-electron chi connectivity index (χ3n) is 4.58. The lowest BCUT2D eigenvalue weighted by Gasteiger charge is -2.20. The molecule has 0 saturated carbocycles. The van der Waals surface area contributed by atoms with Gasteiger partial charge in [0, 0.05) is 18.7 Å². The number of anilines is 2. The Labute approximate surface area is 151 Å². The molecule has 2 amide bonds. The topological polar surface area (TPSA) is 58.6 Å². The average molecular weight is 356 g/mol. The first kappa shape index (κ1) is 17.9. The van der Waals surface area contributed by atoms with Crippen LogP contribution in [-0.2, 0) is 9.59 Å². The van der Waals surface area contributed by atoms with Gasteiger partial charge >= 0.3 is 0 Å². The predicted molar refractivity (Wildman–Crippen MR) is 98.0 cm³/mol. The van der Waals surface area contributed by atoms with Crippen molar-refractivity contribution in [3.8, 4) is 5.75 Å². The maximum absolute atomic E-state index is 13.4. The first-order valence-electron chi connectivity index (χ1n) is 8.41. The Morgan fingerprint density at radius 2 is 2.00 bits per heavy atom. The summed E-state index contributed by atoms with van der Waals surface area (Å²) in [5.74, 6) is -0.757. The molecule has 0 aromatic heterocycles. The number of benzene rings is 2. The molecule has 136 valence electrons. The van der Waals surface area contributed by atoms with Crippen molar-refractivity contribution in [3.63, 3.8) is 0 Å². The van der Waals surface area contributed by atoms with E-state index in [0.29, 0.717) is 17.1 Å². The summed E-state index contributed by atoms with van der Waals surface area (Å²) in [5.41, 5.74) is 2.85. The van der Waals surface area contributed by atoms with E-state index in [1.807, 2.05) is 19.1 Å². The van der Waals surface area contributed by atoms with Gasteiger partial charge < -0.3 is 15.0 Å². The van der Waals surface area contributed by atoms with Gasteiger partial charge in [0.2, 0.25) is 11.8 Å². The van der Waals surface area contributed by atoms with E-state index in [9.17, 15) is 14.0 Å². The van der Waals surface area contributed by atoms with Crippen molar-refractivity contribution in [2.24, 2.45) is 5.92 Å². The molecule has 1 saturated heterocycles. The van der Waals surface area contributed by atoms with Gasteiger partial charge in [-0.1, -0.05) is 12.1 Å². The van der Waals surface area contributed by atoms with Crippen LogP contribution < -0.4 is 15.0 Å². The van der Waals surface area contributed by atoms with Crippen molar-refractivity contribution in [2.45, 2.75) is 20.3 Å². The Morgan fingerprint density at radius 3 is 2.73 bits per heavy atom. The summed E-state index contributed by atoms with van der Waals surface area (Å²) in [7, 11) is 1.55. The van der Waals surface area contributed by atoms with Gasteiger partial charge in [-0.2, -0.15) is 0 Å². The van der Waals surface area contributed by atoms with Gasteiger partial charge in [-0.15, -0.1) is 0 Å². The minimum Gasteiger partial charge on any atom is -0.495 e. The highest BCUT2D eigenvalue weighted by atomic mass is 19.1. The summed E-state index contributed by atoms with van der Waals surface area (Å²) < 4.78 is 18.8. The lowest BCUT2D eigenvalue weighted by atomic mass is 10.1. The SMILES string of the molecule is COc1ccc(C)cc1N1C[C@H](C(=O)Nc2cc(F)ccc2C)CC1=O. The number of amides is 2. The van der Waals surface area contributed by atoms with Crippen LogP contribution in [0, 0.1) is 25.6 Å². The van der Waals surface area contributed by atoms with Crippen LogP contribution in [0.5, 0.6) is 5.75 Å². The monoisotopic (exact) mass is 356 g/mol. The maximum atomic E-state index is 13.4. The Kier molecular flexibility index (Phi) is 4.93. The molecule has 0 spiro atoms. The van der Waals surface area contributed by atoms with E-state index in [0.717, 1.165) is 11.1 Å². The van der Waals surface area contributed by atoms with Crippen molar-refractivity contribution in [3.05, 3.63) is 53.3 Å². The summed E-state index contributed by atoms with van der Waals surface area (Å²) in [6, 6.07) is 9.81. The molecule has 26 heavy (non-hydrogen) atoms. The first-order valence-corrected chi connectivity index (χ1v) is 8.41. The zero-order valence-corrected chi connectivity index (χ0v) is 15.0. The summed E-state index contributed by atoms with van der Waals surface area (Å²) in [6.45, 7) is 3.98. The van der Waals surface area contributed by atoms with Gasteiger partial charge in [0.1, 0.15) is 11.6 Å². The van der Waals surface area contributed by atoms with E-state index >= 15 is 0 Å². The predicted octanol–water partition coefficient (Wildman–Crippen LogP) is 3.44. The number of nitrogens with zero attached hydrogens (tertiary/aromatic N) is 1. The minimum absolute atomic E-state index is 0.108. The normalized spacial score (nSPS) is 16.7. The van der Waals surface area contributed by atoms with Crippen LogP contribution in [0.3, 0.4) is 0 Å². The fourth-order valence-electron chi connectivity index (χ4n) is 3.09. The molecule has 1 heterocycles. The Balaban J connectivity index is 1.78. The standard InChI is InChI=1S/C20H21FN2O3/c1-12-4-7-18(26-3)17(8-12)23-11-14(9-19(23)24)20(25)22-16-10-15(21)6-5-13(16)2/h4-8,10,14H,9,11H2,1-3H3,(H,22,25)/t14-/m1/s1. The highest BCUT2D eigenvalue weighted by molar-refractivity contribution is 6.04. The van der Waals surface area contributed by atoms with Gasteiger partial charge in [-0.3, -0.25) is 9.59 Å². The second-order valence-electron chi connectivity index (χ2n) is 6.53. The molecule has 1 aliphatic rings. The third kappa shape index (κ3) is 3.54. The molecule has 0 radical (unpaired) electrons. The Morgan fingerprint density at radius 1 is 1.23 bits per heavy atom. The molecule has 1 fully saturated rings. The van der Waals surface area contributed by atoms with Gasteiger partial charge in [0.25, 0.3) is 0 Å². The molecule has 0 aliphatic carbocycles. The van der Waals surface area contributed by atoms with E-state index in [1.165, 1.54) is 12.1 Å². The van der Waals surface area contributed by atoms with Gasteiger partial charge in [-0.25, -0.2) is 4.39 Å². The summed E-state index contributed by atoms with van der Waals surface area (Å²) in [5, 5.41) is 2.74. The lowest BCUT2D eigenvalue weighted by Crippen LogP contribution is -2.28. The van der Waals surface area contributed by atoms with Crippen molar-refractivity contribution in [2.75, 3.05) is 23.9 Å². The number of aryl methyl sites for hydroxylation is 2. The highest BCUT2D eigenvalue weighted by Crippen LogP contribution is 2.34. The Hall–Kier alpha value is -2.89. The van der Waals surface area contributed by atoms with Crippen molar-refractivity contribution in [1.29, 1.82) is 0 Å².